The lowest BCUT2D eigenvalue weighted by atomic mass is 9.94. The number of amides is 5. The molecule has 0 saturated carbocycles. The van der Waals surface area contributed by atoms with Crippen molar-refractivity contribution in [3.63, 3.8) is 0 Å². The van der Waals surface area contributed by atoms with Crippen LogP contribution in [0.15, 0.2) is 54.6 Å². The predicted molar refractivity (Wildman–Crippen MR) is 139 cm³/mol. The highest BCUT2D eigenvalue weighted by Crippen LogP contribution is 2.29. The quantitative estimate of drug-likeness (QED) is 0.681. The van der Waals surface area contributed by atoms with Gasteiger partial charge in [0.1, 0.15) is 6.04 Å². The normalized spacial score (nSPS) is 23.1. The van der Waals surface area contributed by atoms with Gasteiger partial charge in [0.15, 0.2) is 0 Å². The minimum atomic E-state index is -0.506. The third-order valence-corrected chi connectivity index (χ3v) is 7.86. The molecule has 8 nitrogen and oxygen atoms in total. The number of hydrogen-bond donors (Lipinski definition) is 2. The zero-order chi connectivity index (χ0) is 25.1. The molecule has 3 aliphatic rings. The molecule has 0 unspecified atom stereocenters. The van der Waals surface area contributed by atoms with E-state index in [4.69, 9.17) is 0 Å². The van der Waals surface area contributed by atoms with Gasteiger partial charge in [0.05, 0.1) is 0 Å². The number of benzene rings is 2. The van der Waals surface area contributed by atoms with Crippen molar-refractivity contribution >= 4 is 23.7 Å². The van der Waals surface area contributed by atoms with E-state index < -0.39 is 6.04 Å². The molecule has 2 fully saturated rings. The molecule has 0 aliphatic carbocycles. The minimum Gasteiger partial charge on any atom is -0.341 e. The number of para-hydroxylation sites is 1. The third kappa shape index (κ3) is 5.03. The number of likely N-dealkylation sites (tertiary alicyclic amines) is 2. The minimum absolute atomic E-state index is 0.00261. The molecule has 5 rings (SSSR count). The Kier molecular flexibility index (Phi) is 7.11. The molecule has 36 heavy (non-hydrogen) atoms. The smallest absolute Gasteiger partial charge is 0.322 e. The largest absolute Gasteiger partial charge is 0.341 e. The van der Waals surface area contributed by atoms with Gasteiger partial charge in [0, 0.05) is 50.4 Å². The average molecular weight is 490 g/mol. The molecule has 0 aromatic heterocycles. The highest BCUT2D eigenvalue weighted by atomic mass is 16.2. The molecular weight excluding hydrogens is 454 g/mol. The molecule has 8 heteroatoms. The summed E-state index contributed by atoms with van der Waals surface area (Å²) in [6.45, 7) is 5.01. The maximum atomic E-state index is 13.2. The number of rotatable bonds is 4. The van der Waals surface area contributed by atoms with E-state index in [1.54, 1.807) is 4.90 Å². The summed E-state index contributed by atoms with van der Waals surface area (Å²) in [6, 6.07) is 17.5. The molecule has 2 aromatic carbocycles. The zero-order valence-electron chi connectivity index (χ0n) is 20.9. The summed E-state index contributed by atoms with van der Waals surface area (Å²) in [5, 5.41) is 6.02. The Labute approximate surface area is 212 Å². The Hall–Kier alpha value is -3.55. The van der Waals surface area contributed by atoms with Crippen LogP contribution in [0.3, 0.4) is 0 Å². The summed E-state index contributed by atoms with van der Waals surface area (Å²) in [5.41, 5.74) is 3.22. The molecule has 2 N–H and O–H groups in total. The van der Waals surface area contributed by atoms with E-state index in [1.165, 1.54) is 5.56 Å². The van der Waals surface area contributed by atoms with E-state index in [0.717, 1.165) is 30.5 Å². The molecule has 2 saturated heterocycles. The van der Waals surface area contributed by atoms with Gasteiger partial charge < -0.3 is 25.3 Å². The summed E-state index contributed by atoms with van der Waals surface area (Å²) in [5.74, 6) is 0.274. The maximum absolute atomic E-state index is 13.2. The maximum Gasteiger partial charge on any atom is 0.322 e. The topological polar surface area (TPSA) is 85.0 Å². The first-order chi connectivity index (χ1) is 17.5. The van der Waals surface area contributed by atoms with Crippen molar-refractivity contribution in [3.05, 3.63) is 65.7 Å². The second-order valence-corrected chi connectivity index (χ2v) is 10.00. The van der Waals surface area contributed by atoms with E-state index in [1.807, 2.05) is 59.2 Å². The van der Waals surface area contributed by atoms with Crippen LogP contribution in [0, 0.1) is 0 Å². The van der Waals surface area contributed by atoms with E-state index in [9.17, 15) is 14.4 Å². The van der Waals surface area contributed by atoms with Crippen LogP contribution in [-0.4, -0.2) is 70.9 Å². The van der Waals surface area contributed by atoms with Crippen LogP contribution < -0.4 is 10.6 Å². The second-order valence-electron chi connectivity index (χ2n) is 10.00. The molecular formula is C28H35N5O3. The first kappa shape index (κ1) is 24.2. The fourth-order valence-corrected chi connectivity index (χ4v) is 5.71. The molecule has 5 amide bonds. The Morgan fingerprint density at radius 2 is 1.69 bits per heavy atom. The van der Waals surface area contributed by atoms with Crippen molar-refractivity contribution in [1.29, 1.82) is 0 Å². The van der Waals surface area contributed by atoms with Gasteiger partial charge >= 0.3 is 12.1 Å². The molecule has 190 valence electrons. The summed E-state index contributed by atoms with van der Waals surface area (Å²) < 4.78 is 0. The standard InChI is InChI=1S/C28H35N5O3/c1-2-31-18-21(20-8-4-3-5-9-20)12-13-25(26(31)34)30-27(35)32-16-14-23(15-17-32)33-19-22-10-6-7-11-24(22)29-28(33)36/h3-11,21,23,25H,2,12-19H2,1H3,(H,29,36)(H,30,35)/t21-,25-/m0/s1. The first-order valence-corrected chi connectivity index (χ1v) is 13.1. The number of fused-ring (bicyclic) bond motifs is 1. The van der Waals surface area contributed by atoms with E-state index in [2.05, 4.69) is 22.8 Å². The fraction of sp³-hybridized carbons (Fsp3) is 0.464. The van der Waals surface area contributed by atoms with Crippen LogP contribution in [0.4, 0.5) is 15.3 Å². The van der Waals surface area contributed by atoms with Crippen molar-refractivity contribution in [2.24, 2.45) is 0 Å². The molecule has 3 aliphatic heterocycles. The molecule has 0 bridgehead atoms. The lowest BCUT2D eigenvalue weighted by Gasteiger charge is -2.40. The lowest BCUT2D eigenvalue weighted by Crippen LogP contribution is -2.55. The number of nitrogens with zero attached hydrogens (tertiary/aromatic N) is 3. The van der Waals surface area contributed by atoms with Crippen LogP contribution >= 0.6 is 0 Å². The summed E-state index contributed by atoms with van der Waals surface area (Å²) in [4.78, 5) is 44.6. The van der Waals surface area contributed by atoms with Crippen molar-refractivity contribution in [2.45, 2.75) is 57.2 Å². The fourth-order valence-electron chi connectivity index (χ4n) is 5.71. The molecule has 2 aromatic rings. The number of nitrogens with one attached hydrogen (secondary N) is 2. The van der Waals surface area contributed by atoms with E-state index >= 15 is 0 Å². The Morgan fingerprint density at radius 1 is 0.972 bits per heavy atom. The molecule has 0 radical (unpaired) electrons. The first-order valence-electron chi connectivity index (χ1n) is 13.1. The predicted octanol–water partition coefficient (Wildman–Crippen LogP) is 4.00. The van der Waals surface area contributed by atoms with Crippen LogP contribution in [-0.2, 0) is 11.3 Å². The van der Waals surface area contributed by atoms with Crippen molar-refractivity contribution in [2.75, 3.05) is 31.5 Å². The van der Waals surface area contributed by atoms with Gasteiger partial charge in [-0.25, -0.2) is 9.59 Å². The monoisotopic (exact) mass is 489 g/mol. The van der Waals surface area contributed by atoms with Crippen molar-refractivity contribution in [3.8, 4) is 0 Å². The lowest BCUT2D eigenvalue weighted by molar-refractivity contribution is -0.132. The number of urea groups is 2. The van der Waals surface area contributed by atoms with Crippen LogP contribution in [0.2, 0.25) is 0 Å². The summed E-state index contributed by atoms with van der Waals surface area (Å²) in [7, 11) is 0. The van der Waals surface area contributed by atoms with Crippen molar-refractivity contribution in [1.82, 2.24) is 20.0 Å². The van der Waals surface area contributed by atoms with Crippen LogP contribution in [0.1, 0.15) is 49.7 Å². The van der Waals surface area contributed by atoms with Gasteiger partial charge in [0.25, 0.3) is 0 Å². The summed E-state index contributed by atoms with van der Waals surface area (Å²) >= 11 is 0. The van der Waals surface area contributed by atoms with E-state index in [-0.39, 0.29) is 29.9 Å². The third-order valence-electron chi connectivity index (χ3n) is 7.86. The molecule has 2 atom stereocenters. The van der Waals surface area contributed by atoms with Crippen LogP contribution in [0.5, 0.6) is 0 Å². The number of carbonyl (C=O) groups is 3. The van der Waals surface area contributed by atoms with Crippen molar-refractivity contribution < 1.29 is 14.4 Å². The highest BCUT2D eigenvalue weighted by molar-refractivity contribution is 5.92. The average Bonchev–Trinajstić information content (AvgIpc) is 3.07. The number of piperidine rings is 1. The van der Waals surface area contributed by atoms with Gasteiger partial charge in [-0.15, -0.1) is 0 Å². The number of anilines is 1. The van der Waals surface area contributed by atoms with Gasteiger partial charge in [-0.2, -0.15) is 0 Å². The Bertz CT molecular complexity index is 1100. The summed E-state index contributed by atoms with van der Waals surface area (Å²) in [6.07, 6.45) is 2.92. The van der Waals surface area contributed by atoms with Gasteiger partial charge in [-0.3, -0.25) is 4.79 Å². The number of likely N-dealkylation sites (N-methyl/N-ethyl adjacent to an activating group) is 1. The molecule has 0 spiro atoms. The van der Waals surface area contributed by atoms with Gasteiger partial charge in [-0.05, 0) is 49.8 Å². The van der Waals surface area contributed by atoms with Crippen LogP contribution in [0.25, 0.3) is 0 Å². The zero-order valence-corrected chi connectivity index (χ0v) is 20.9. The second kappa shape index (κ2) is 10.6. The van der Waals surface area contributed by atoms with E-state index in [0.29, 0.717) is 39.1 Å². The van der Waals surface area contributed by atoms with Gasteiger partial charge in [-0.1, -0.05) is 48.5 Å². The molecule has 3 heterocycles. The Balaban J connectivity index is 1.17. The van der Waals surface area contributed by atoms with Gasteiger partial charge in [0.2, 0.25) is 5.91 Å². The number of carbonyl (C=O) groups excluding carboxylic acids is 3. The number of hydrogen-bond acceptors (Lipinski definition) is 3. The SMILES string of the molecule is CCN1C[C@@H](c2ccccc2)CC[C@H](NC(=O)N2CCC(N3Cc4ccccc4NC3=O)CC2)C1=O. The highest BCUT2D eigenvalue weighted by Gasteiger charge is 2.35. The Morgan fingerprint density at radius 3 is 2.44 bits per heavy atom.